The largest absolute Gasteiger partial charge is 4.00 e. The molecule has 156 valence electrons. The van der Waals surface area contributed by atoms with Gasteiger partial charge in [-0.25, -0.2) is 21.5 Å². The van der Waals surface area contributed by atoms with Gasteiger partial charge in [0.15, 0.2) is 0 Å². The predicted molar refractivity (Wildman–Crippen MR) is 114 cm³/mol. The Labute approximate surface area is 203 Å². The van der Waals surface area contributed by atoms with Gasteiger partial charge < -0.3 is 24.8 Å². The van der Waals surface area contributed by atoms with Gasteiger partial charge in [0.05, 0.1) is 0 Å². The van der Waals surface area contributed by atoms with Crippen molar-refractivity contribution in [1.82, 2.24) is 0 Å². The van der Waals surface area contributed by atoms with E-state index in [0.717, 1.165) is 12.8 Å². The summed E-state index contributed by atoms with van der Waals surface area (Å²) in [7, 11) is -1.79. The molecular weight excluding hydrogens is 435 g/mol. The Hall–Kier alpha value is 0.471. The first-order valence-electron chi connectivity index (χ1n) is 10.0. The second-order valence-electron chi connectivity index (χ2n) is 9.95. The monoisotopic (exact) mass is 472 g/mol. The Morgan fingerprint density at radius 3 is 1.21 bits per heavy atom. The Morgan fingerprint density at radius 1 is 0.714 bits per heavy atom. The topological polar surface area (TPSA) is 0 Å². The van der Waals surface area contributed by atoms with Gasteiger partial charge in [-0.1, -0.05) is 89.4 Å². The van der Waals surface area contributed by atoms with Crippen molar-refractivity contribution in [2.75, 3.05) is 0 Å². The molecule has 0 atom stereocenters. The average molecular weight is 473 g/mol. The van der Waals surface area contributed by atoms with Crippen molar-refractivity contribution in [1.29, 1.82) is 0 Å². The molecule has 0 aromatic carbocycles. The van der Waals surface area contributed by atoms with E-state index < -0.39 is 8.07 Å². The predicted octanol–water partition coefficient (Wildman–Crippen LogP) is 1.55. The third-order valence-electron chi connectivity index (χ3n) is 6.39. The van der Waals surface area contributed by atoms with Crippen molar-refractivity contribution < 1.29 is 46.5 Å². The molecule has 0 saturated heterocycles. The molecule has 0 aliphatic heterocycles. The molecular formula is C24H38Cl2SiTi. The standard InChI is InChI=1S/C24H38Si.2ClH.Ti/c1-11-25(12-2,21-17(3)13-15-19(21)23(5,6)7)22-18(4)14-16-20(22)24(8,9)10;;;/h11-12,15-16H2,1-10H3;2*1H;/q-2;;;+4/p-2. The first kappa shape index (κ1) is 30.7. The molecule has 2 rings (SSSR count). The summed E-state index contributed by atoms with van der Waals surface area (Å²) < 4.78 is 0. The van der Waals surface area contributed by atoms with E-state index in [4.69, 9.17) is 0 Å². The minimum Gasteiger partial charge on any atom is -1.00 e. The van der Waals surface area contributed by atoms with Gasteiger partial charge in [0.25, 0.3) is 0 Å². The summed E-state index contributed by atoms with van der Waals surface area (Å²) in [5, 5.41) is 3.45. The summed E-state index contributed by atoms with van der Waals surface area (Å²) in [5.41, 5.74) is 6.65. The molecule has 0 aromatic rings. The Morgan fingerprint density at radius 2 is 1.00 bits per heavy atom. The van der Waals surface area contributed by atoms with E-state index in [2.05, 4.69) is 81.4 Å². The molecule has 0 nitrogen and oxygen atoms in total. The molecule has 0 N–H and O–H groups in total. The molecule has 0 aromatic heterocycles. The van der Waals surface area contributed by atoms with Crippen LogP contribution in [-0.4, -0.2) is 8.07 Å². The fourth-order valence-corrected chi connectivity index (χ4v) is 10.8. The summed E-state index contributed by atoms with van der Waals surface area (Å²) in [6.45, 7) is 23.8. The Balaban J connectivity index is 0. The molecule has 0 fully saturated rings. The summed E-state index contributed by atoms with van der Waals surface area (Å²) >= 11 is 0. The van der Waals surface area contributed by atoms with Gasteiger partial charge in [0.2, 0.25) is 0 Å². The third-order valence-corrected chi connectivity index (χ3v) is 12.1. The van der Waals surface area contributed by atoms with Gasteiger partial charge >= 0.3 is 21.7 Å². The maximum Gasteiger partial charge on any atom is 4.00 e. The van der Waals surface area contributed by atoms with Crippen LogP contribution < -0.4 is 24.8 Å². The van der Waals surface area contributed by atoms with Crippen LogP contribution in [0.25, 0.3) is 0 Å². The van der Waals surface area contributed by atoms with Gasteiger partial charge in [-0.15, -0.1) is 12.8 Å². The van der Waals surface area contributed by atoms with E-state index in [1.54, 1.807) is 21.5 Å². The molecule has 2 aliphatic carbocycles. The normalized spacial score (nSPS) is 17.6. The van der Waals surface area contributed by atoms with Gasteiger partial charge in [0.1, 0.15) is 0 Å². The number of allylic oxidation sites excluding steroid dienone is 8. The van der Waals surface area contributed by atoms with Gasteiger partial charge in [-0.3, -0.25) is 12.2 Å². The first-order valence-corrected chi connectivity index (χ1v) is 12.4. The zero-order valence-electron chi connectivity index (χ0n) is 19.6. The van der Waals surface area contributed by atoms with Crippen LogP contribution in [0.15, 0.2) is 32.7 Å². The molecule has 0 amide bonds. The number of hydrogen-bond donors (Lipinski definition) is 0. The van der Waals surface area contributed by atoms with Crippen LogP contribution in [0.4, 0.5) is 0 Å². The maximum absolute atomic E-state index is 3.72. The van der Waals surface area contributed by atoms with Crippen LogP contribution in [-0.2, 0) is 21.7 Å². The zero-order chi connectivity index (χ0) is 19.2. The quantitative estimate of drug-likeness (QED) is 0.430. The smallest absolute Gasteiger partial charge is 1.00 e. The molecule has 0 radical (unpaired) electrons. The fraction of sp³-hybridized carbons (Fsp3) is 0.667. The maximum atomic E-state index is 3.72. The van der Waals surface area contributed by atoms with Crippen LogP contribution in [0, 0.1) is 23.0 Å². The molecule has 0 unspecified atom stereocenters. The van der Waals surface area contributed by atoms with Crippen molar-refractivity contribution in [3.63, 3.8) is 0 Å². The van der Waals surface area contributed by atoms with Crippen molar-refractivity contribution in [3.05, 3.63) is 44.8 Å². The van der Waals surface area contributed by atoms with Crippen molar-refractivity contribution in [2.24, 2.45) is 10.8 Å². The minimum absolute atomic E-state index is 0. The van der Waals surface area contributed by atoms with E-state index in [9.17, 15) is 0 Å². The van der Waals surface area contributed by atoms with Crippen LogP contribution in [0.1, 0.15) is 82.1 Å². The first-order chi connectivity index (χ1) is 11.4. The second kappa shape index (κ2) is 10.7. The molecule has 0 heterocycles. The van der Waals surface area contributed by atoms with E-state index in [-0.39, 0.29) is 57.4 Å². The molecule has 0 saturated carbocycles. The van der Waals surface area contributed by atoms with Gasteiger partial charge in [-0.2, -0.15) is 11.1 Å². The van der Waals surface area contributed by atoms with Crippen molar-refractivity contribution >= 4 is 8.07 Å². The summed E-state index contributed by atoms with van der Waals surface area (Å²) in [6.07, 6.45) is 9.50. The summed E-state index contributed by atoms with van der Waals surface area (Å²) in [5.74, 6) is 0. The molecule has 0 bridgehead atoms. The van der Waals surface area contributed by atoms with E-state index in [1.165, 1.54) is 23.2 Å². The van der Waals surface area contributed by atoms with Crippen molar-refractivity contribution in [2.45, 2.75) is 94.2 Å². The van der Waals surface area contributed by atoms with E-state index >= 15 is 0 Å². The van der Waals surface area contributed by atoms with E-state index in [0.29, 0.717) is 0 Å². The summed E-state index contributed by atoms with van der Waals surface area (Å²) in [6, 6.07) is 2.57. The van der Waals surface area contributed by atoms with Crippen LogP contribution >= 0.6 is 0 Å². The Bertz CT molecular complexity index is 622. The second-order valence-corrected chi connectivity index (χ2v) is 14.5. The fourth-order valence-electron chi connectivity index (χ4n) is 4.91. The summed E-state index contributed by atoms with van der Waals surface area (Å²) in [4.78, 5) is 0. The number of rotatable bonds is 4. The van der Waals surface area contributed by atoms with Crippen LogP contribution in [0.5, 0.6) is 0 Å². The zero-order valence-corrected chi connectivity index (χ0v) is 23.7. The molecule has 28 heavy (non-hydrogen) atoms. The third kappa shape index (κ3) is 5.39. The van der Waals surface area contributed by atoms with Crippen LogP contribution in [0.3, 0.4) is 0 Å². The Kier molecular flexibility index (Phi) is 11.7. The molecule has 0 spiro atoms. The SMILES string of the molecule is CC[Si](CC)(C1=C(C(C)(C)C)C[C-]=C1C)C1=C(C(C)(C)C)C[C-]=C1C.[Cl-].[Cl-].[Ti+4]. The van der Waals surface area contributed by atoms with Crippen LogP contribution in [0.2, 0.25) is 12.1 Å². The van der Waals surface area contributed by atoms with E-state index in [1.807, 2.05) is 0 Å². The molecule has 2 aliphatic rings. The molecule has 4 heteroatoms. The average Bonchev–Trinajstić information content (AvgIpc) is 3.06. The van der Waals surface area contributed by atoms with Gasteiger partial charge in [-0.05, 0) is 10.8 Å². The van der Waals surface area contributed by atoms with Crippen molar-refractivity contribution in [3.8, 4) is 0 Å². The number of halogens is 2. The minimum atomic E-state index is -1.79. The van der Waals surface area contributed by atoms with Gasteiger partial charge in [0, 0.05) is 0 Å². The number of hydrogen-bond acceptors (Lipinski definition) is 0.